The Morgan fingerprint density at radius 1 is 1.06 bits per heavy atom. The van der Waals surface area contributed by atoms with Gasteiger partial charge in [0.15, 0.2) is 0 Å². The van der Waals surface area contributed by atoms with Gasteiger partial charge in [-0.3, -0.25) is 0 Å². The second kappa shape index (κ2) is 5.55. The molecule has 1 aliphatic carbocycles. The molecular weight excluding hydrogens is 232 g/mol. The molecule has 0 aliphatic heterocycles. The molecule has 1 aromatic carbocycles. The smallest absolute Gasteiger partial charge is 0.120 e. The third-order valence-electron chi connectivity index (χ3n) is 2.31. The van der Waals surface area contributed by atoms with Gasteiger partial charge >= 0.3 is 0 Å². The highest BCUT2D eigenvalue weighted by Gasteiger charge is 2.01. The molecule has 0 fully saturated rings. The molecule has 17 heavy (non-hydrogen) atoms. The average Bonchev–Trinajstić information content (AvgIpc) is 2.49. The quantitative estimate of drug-likeness (QED) is 0.769. The van der Waals surface area contributed by atoms with E-state index >= 15 is 0 Å². The number of rotatable bonds is 3. The van der Waals surface area contributed by atoms with Crippen molar-refractivity contribution in [2.24, 2.45) is 0 Å². The van der Waals surface area contributed by atoms with Crippen LogP contribution in [0.4, 0.5) is 0 Å². The molecule has 0 heterocycles. The Labute approximate surface area is 106 Å². The highest BCUT2D eigenvalue weighted by Crippen LogP contribution is 2.18. The molecule has 0 saturated carbocycles. The largest absolute Gasteiger partial charge is 0.489 e. The number of halogens is 1. The highest BCUT2D eigenvalue weighted by atomic mass is 35.5. The van der Waals surface area contributed by atoms with Gasteiger partial charge in [0, 0.05) is 5.03 Å². The third-order valence-corrected chi connectivity index (χ3v) is 2.54. The summed E-state index contributed by atoms with van der Waals surface area (Å²) < 4.78 is 5.69. The van der Waals surface area contributed by atoms with E-state index < -0.39 is 0 Å². The van der Waals surface area contributed by atoms with Crippen LogP contribution in [-0.4, -0.2) is 0 Å². The van der Waals surface area contributed by atoms with Crippen LogP contribution >= 0.6 is 11.6 Å². The zero-order valence-corrected chi connectivity index (χ0v) is 10.2. The molecular formula is C15H13ClO. The van der Waals surface area contributed by atoms with Crippen molar-refractivity contribution < 1.29 is 4.74 Å². The van der Waals surface area contributed by atoms with Crippen molar-refractivity contribution in [2.45, 2.75) is 6.61 Å². The van der Waals surface area contributed by atoms with Gasteiger partial charge < -0.3 is 4.74 Å². The summed E-state index contributed by atoms with van der Waals surface area (Å²) >= 11 is 5.92. The van der Waals surface area contributed by atoms with Crippen LogP contribution in [0.3, 0.4) is 0 Å². The molecule has 0 radical (unpaired) electrons. The summed E-state index contributed by atoms with van der Waals surface area (Å²) in [5.74, 6) is 0.769. The minimum atomic E-state index is 0.544. The average molecular weight is 245 g/mol. The van der Waals surface area contributed by atoms with E-state index in [4.69, 9.17) is 16.3 Å². The van der Waals surface area contributed by atoms with E-state index in [9.17, 15) is 0 Å². The fourth-order valence-corrected chi connectivity index (χ4v) is 1.69. The predicted octanol–water partition coefficient (Wildman–Crippen LogP) is 4.34. The van der Waals surface area contributed by atoms with Crippen LogP contribution in [-0.2, 0) is 11.3 Å². The minimum absolute atomic E-state index is 0.544. The Morgan fingerprint density at radius 3 is 2.59 bits per heavy atom. The normalized spacial score (nSPS) is 15.0. The molecule has 1 aromatic rings. The van der Waals surface area contributed by atoms with Crippen LogP contribution in [0.2, 0.25) is 0 Å². The van der Waals surface area contributed by atoms with Gasteiger partial charge in [-0.1, -0.05) is 48.5 Å². The van der Waals surface area contributed by atoms with Crippen LogP contribution in [0.15, 0.2) is 77.6 Å². The van der Waals surface area contributed by atoms with Gasteiger partial charge in [0.2, 0.25) is 0 Å². The molecule has 0 spiro atoms. The number of ether oxygens (including phenoxy) is 1. The molecule has 0 amide bonds. The van der Waals surface area contributed by atoms with Crippen LogP contribution in [0.5, 0.6) is 0 Å². The fourth-order valence-electron chi connectivity index (χ4n) is 1.49. The molecule has 0 bridgehead atoms. The molecule has 0 unspecified atom stereocenters. The lowest BCUT2D eigenvalue weighted by Crippen LogP contribution is -1.91. The summed E-state index contributed by atoms with van der Waals surface area (Å²) in [6, 6.07) is 10.0. The van der Waals surface area contributed by atoms with Gasteiger partial charge in [0.25, 0.3) is 0 Å². The predicted molar refractivity (Wildman–Crippen MR) is 71.5 cm³/mol. The van der Waals surface area contributed by atoms with E-state index in [-0.39, 0.29) is 0 Å². The minimum Gasteiger partial charge on any atom is -0.489 e. The first-order valence-corrected chi connectivity index (χ1v) is 5.74. The van der Waals surface area contributed by atoms with Gasteiger partial charge in [-0.25, -0.2) is 0 Å². The molecule has 86 valence electrons. The summed E-state index contributed by atoms with van der Waals surface area (Å²) in [7, 11) is 0. The maximum atomic E-state index is 5.92. The first-order chi connectivity index (χ1) is 8.24. The lowest BCUT2D eigenvalue weighted by molar-refractivity contribution is 0.211. The van der Waals surface area contributed by atoms with Crippen molar-refractivity contribution in [3.63, 3.8) is 0 Å². The maximum absolute atomic E-state index is 5.92. The second-order valence-electron chi connectivity index (χ2n) is 3.76. The molecule has 0 atom stereocenters. The Hall–Kier alpha value is -1.73. The third kappa shape index (κ3) is 3.65. The van der Waals surface area contributed by atoms with Crippen LogP contribution in [0, 0.1) is 0 Å². The fraction of sp³-hybridized carbons (Fsp3) is 0.0667. The van der Waals surface area contributed by atoms with Gasteiger partial charge in [-0.05, 0) is 35.4 Å². The first kappa shape index (κ1) is 11.7. The van der Waals surface area contributed by atoms with Crippen LogP contribution in [0.25, 0.3) is 0 Å². The van der Waals surface area contributed by atoms with E-state index in [1.165, 1.54) is 0 Å². The highest BCUT2D eigenvalue weighted by molar-refractivity contribution is 6.31. The van der Waals surface area contributed by atoms with E-state index in [0.717, 1.165) is 16.9 Å². The number of allylic oxidation sites excluding steroid dienone is 6. The monoisotopic (exact) mass is 244 g/mol. The Bertz CT molecular complexity index is 495. The van der Waals surface area contributed by atoms with E-state index in [1.807, 2.05) is 42.5 Å². The topological polar surface area (TPSA) is 9.23 Å². The van der Waals surface area contributed by atoms with Crippen molar-refractivity contribution in [3.8, 4) is 0 Å². The maximum Gasteiger partial charge on any atom is 0.120 e. The molecule has 1 aliphatic rings. The van der Waals surface area contributed by atoms with Crippen molar-refractivity contribution in [2.75, 3.05) is 0 Å². The molecule has 0 N–H and O–H groups in total. The molecule has 1 nitrogen and oxygen atoms in total. The van der Waals surface area contributed by atoms with Gasteiger partial charge in [-0.2, -0.15) is 0 Å². The van der Waals surface area contributed by atoms with E-state index in [2.05, 4.69) is 6.58 Å². The summed E-state index contributed by atoms with van der Waals surface area (Å²) in [5, 5.41) is 0.657. The molecule has 2 rings (SSSR count). The number of hydrogen-bond acceptors (Lipinski definition) is 1. The molecule has 2 heteroatoms. The van der Waals surface area contributed by atoms with Crippen molar-refractivity contribution in [1.82, 2.24) is 0 Å². The van der Waals surface area contributed by atoms with Crippen LogP contribution in [0.1, 0.15) is 5.56 Å². The summed E-state index contributed by atoms with van der Waals surface area (Å²) in [6.45, 7) is 4.42. The molecule has 0 saturated heterocycles. The summed E-state index contributed by atoms with van der Waals surface area (Å²) in [4.78, 5) is 0. The summed E-state index contributed by atoms with van der Waals surface area (Å²) in [6.07, 6.45) is 7.32. The standard InChI is InChI=1S/C15H13ClO/c1-12-9-14(16)7-8-15(10-12)17-11-13-5-3-2-4-6-13/h2-10H,1,11H2. The number of benzene rings is 1. The Morgan fingerprint density at radius 2 is 1.82 bits per heavy atom. The summed E-state index contributed by atoms with van der Waals surface area (Å²) in [5.41, 5.74) is 1.97. The zero-order valence-electron chi connectivity index (χ0n) is 9.40. The van der Waals surface area contributed by atoms with E-state index in [1.54, 1.807) is 12.2 Å². The molecule has 0 aromatic heterocycles. The van der Waals surface area contributed by atoms with Crippen molar-refractivity contribution in [3.05, 3.63) is 83.1 Å². The SMILES string of the molecule is C=C1C=C(Cl)C=CC(OCc2ccccc2)=C1. The van der Waals surface area contributed by atoms with Crippen molar-refractivity contribution in [1.29, 1.82) is 0 Å². The van der Waals surface area contributed by atoms with Gasteiger partial charge in [0.05, 0.1) is 0 Å². The van der Waals surface area contributed by atoms with E-state index in [0.29, 0.717) is 11.6 Å². The van der Waals surface area contributed by atoms with Crippen molar-refractivity contribution >= 4 is 11.6 Å². The Balaban J connectivity index is 2.01. The van der Waals surface area contributed by atoms with Gasteiger partial charge in [0.1, 0.15) is 12.4 Å². The number of hydrogen-bond donors (Lipinski definition) is 0. The Kier molecular flexibility index (Phi) is 3.84. The lowest BCUT2D eigenvalue weighted by atomic mass is 10.2. The van der Waals surface area contributed by atoms with Gasteiger partial charge in [-0.15, -0.1) is 0 Å². The van der Waals surface area contributed by atoms with Crippen LogP contribution < -0.4 is 0 Å². The first-order valence-electron chi connectivity index (χ1n) is 5.36. The lowest BCUT2D eigenvalue weighted by Gasteiger charge is -2.06. The second-order valence-corrected chi connectivity index (χ2v) is 4.19. The zero-order chi connectivity index (χ0) is 12.1.